The number of aromatic nitrogens is 1. The number of amides is 2. The molecule has 0 spiro atoms. The van der Waals surface area contributed by atoms with E-state index in [-0.39, 0.29) is 23.7 Å². The van der Waals surface area contributed by atoms with Crippen LogP contribution in [-0.4, -0.2) is 52.8 Å². The van der Waals surface area contributed by atoms with Crippen molar-refractivity contribution in [1.82, 2.24) is 14.8 Å². The summed E-state index contributed by atoms with van der Waals surface area (Å²) in [5, 5.41) is 1.08. The fraction of sp³-hybridized carbons (Fsp3) is 0.577. The molecule has 0 bridgehead atoms. The van der Waals surface area contributed by atoms with Crippen molar-refractivity contribution in [2.45, 2.75) is 51.4 Å². The van der Waals surface area contributed by atoms with Gasteiger partial charge in [0.15, 0.2) is 0 Å². The number of thiazole rings is 1. The van der Waals surface area contributed by atoms with Crippen LogP contribution >= 0.6 is 11.3 Å². The third kappa shape index (κ3) is 4.34. The fourth-order valence-electron chi connectivity index (χ4n) is 5.64. The highest BCUT2D eigenvalue weighted by atomic mass is 32.1. The minimum Gasteiger partial charge on any atom is -0.342 e. The summed E-state index contributed by atoms with van der Waals surface area (Å²) < 4.78 is 1.19. The lowest BCUT2D eigenvalue weighted by atomic mass is 9.81. The van der Waals surface area contributed by atoms with Gasteiger partial charge >= 0.3 is 0 Å². The van der Waals surface area contributed by atoms with E-state index < -0.39 is 0 Å². The number of nitrogens with zero attached hydrogens (tertiary/aromatic N) is 3. The molecule has 2 aliphatic heterocycles. The molecular weight excluding hydrogens is 418 g/mol. The number of benzene rings is 1. The Bertz CT molecular complexity index is 974. The van der Waals surface area contributed by atoms with E-state index in [1.165, 1.54) is 11.1 Å². The van der Waals surface area contributed by atoms with Crippen molar-refractivity contribution in [2.75, 3.05) is 26.2 Å². The Hall–Kier alpha value is -2.21. The molecule has 1 aromatic carbocycles. The first-order chi connectivity index (χ1) is 15.6. The molecule has 2 aromatic rings. The summed E-state index contributed by atoms with van der Waals surface area (Å²) in [6.45, 7) is 5.44. The SMILES string of the molecule is CC1CCCN(C(=O)C2CCN(C(=O)C3CC=CCC3c3nc4ccccc4s3)CC2)C1. The number of rotatable bonds is 3. The molecule has 1 aromatic heterocycles. The lowest BCUT2D eigenvalue weighted by Crippen LogP contribution is -2.48. The highest BCUT2D eigenvalue weighted by Crippen LogP contribution is 2.40. The smallest absolute Gasteiger partial charge is 0.226 e. The van der Waals surface area contributed by atoms with Crippen LogP contribution in [0.4, 0.5) is 0 Å². The van der Waals surface area contributed by atoms with Crippen molar-refractivity contribution in [3.63, 3.8) is 0 Å². The Morgan fingerprint density at radius 2 is 1.75 bits per heavy atom. The van der Waals surface area contributed by atoms with Crippen LogP contribution in [0.1, 0.15) is 56.4 Å². The Balaban J connectivity index is 1.24. The second-order valence-electron chi connectivity index (χ2n) is 9.81. The second kappa shape index (κ2) is 9.34. The first-order valence-electron chi connectivity index (χ1n) is 12.2. The average Bonchev–Trinajstić information content (AvgIpc) is 3.27. The van der Waals surface area contributed by atoms with E-state index >= 15 is 0 Å². The van der Waals surface area contributed by atoms with E-state index in [9.17, 15) is 9.59 Å². The third-order valence-electron chi connectivity index (χ3n) is 7.50. The van der Waals surface area contributed by atoms with Crippen molar-refractivity contribution in [3.05, 3.63) is 41.4 Å². The Kier molecular flexibility index (Phi) is 6.31. The molecule has 0 saturated carbocycles. The summed E-state index contributed by atoms with van der Waals surface area (Å²) >= 11 is 1.73. The number of carbonyl (C=O) groups excluding carboxylic acids is 2. The van der Waals surface area contributed by atoms with E-state index in [4.69, 9.17) is 4.98 Å². The van der Waals surface area contributed by atoms with Crippen molar-refractivity contribution in [2.24, 2.45) is 17.8 Å². The number of piperidine rings is 2. The van der Waals surface area contributed by atoms with Crippen LogP contribution < -0.4 is 0 Å². The van der Waals surface area contributed by atoms with Gasteiger partial charge in [-0.15, -0.1) is 11.3 Å². The minimum absolute atomic E-state index is 0.0456. The van der Waals surface area contributed by atoms with Gasteiger partial charge in [0.05, 0.1) is 21.1 Å². The van der Waals surface area contributed by atoms with Crippen molar-refractivity contribution >= 4 is 33.4 Å². The maximum atomic E-state index is 13.5. The first-order valence-corrected chi connectivity index (χ1v) is 13.0. The van der Waals surface area contributed by atoms with Crippen LogP contribution in [0.5, 0.6) is 0 Å². The molecule has 0 radical (unpaired) electrons. The molecule has 32 heavy (non-hydrogen) atoms. The van der Waals surface area contributed by atoms with Crippen LogP contribution in [0.3, 0.4) is 0 Å². The zero-order valence-electron chi connectivity index (χ0n) is 18.9. The lowest BCUT2D eigenvalue weighted by molar-refractivity contribution is -0.144. The van der Waals surface area contributed by atoms with Gasteiger partial charge in [-0.25, -0.2) is 4.98 Å². The first kappa shape index (κ1) is 21.6. The van der Waals surface area contributed by atoms with Crippen LogP contribution in [0.25, 0.3) is 10.2 Å². The van der Waals surface area contributed by atoms with Crippen LogP contribution in [0.2, 0.25) is 0 Å². The molecular formula is C26H33N3O2S. The molecule has 5 nitrogen and oxygen atoms in total. The molecule has 2 amide bonds. The summed E-state index contributed by atoms with van der Waals surface area (Å²) in [5.41, 5.74) is 1.03. The van der Waals surface area contributed by atoms with E-state index in [2.05, 4.69) is 36.1 Å². The lowest BCUT2D eigenvalue weighted by Gasteiger charge is -2.39. The zero-order valence-corrected chi connectivity index (χ0v) is 19.7. The Morgan fingerprint density at radius 3 is 2.53 bits per heavy atom. The molecule has 3 heterocycles. The van der Waals surface area contributed by atoms with Gasteiger partial charge in [0.25, 0.3) is 0 Å². The maximum Gasteiger partial charge on any atom is 0.226 e. The summed E-state index contributed by atoms with van der Waals surface area (Å²) in [7, 11) is 0. The number of allylic oxidation sites excluding steroid dienone is 2. The monoisotopic (exact) mass is 451 g/mol. The number of hydrogen-bond acceptors (Lipinski definition) is 4. The zero-order chi connectivity index (χ0) is 22.1. The standard InChI is InChI=1S/C26H33N3O2S/c1-18-7-6-14-29(17-18)25(30)19-12-15-28(16-13-19)26(31)21-9-3-2-8-20(21)24-27-22-10-4-5-11-23(22)32-24/h2-5,10-11,18-21H,6-9,12-17H2,1H3. The maximum absolute atomic E-state index is 13.5. The van der Waals surface area contributed by atoms with Crippen LogP contribution in [-0.2, 0) is 9.59 Å². The third-order valence-corrected chi connectivity index (χ3v) is 8.67. The van der Waals surface area contributed by atoms with E-state index in [1.54, 1.807) is 11.3 Å². The van der Waals surface area contributed by atoms with E-state index in [0.29, 0.717) is 24.9 Å². The van der Waals surface area contributed by atoms with Crippen molar-refractivity contribution < 1.29 is 9.59 Å². The van der Waals surface area contributed by atoms with Crippen LogP contribution in [0.15, 0.2) is 36.4 Å². The summed E-state index contributed by atoms with van der Waals surface area (Å²) in [5.74, 6) is 1.35. The predicted octanol–water partition coefficient (Wildman–Crippen LogP) is 4.84. The van der Waals surface area contributed by atoms with Gasteiger partial charge in [-0.2, -0.15) is 0 Å². The van der Waals surface area contributed by atoms with Gasteiger partial charge < -0.3 is 9.80 Å². The van der Waals surface area contributed by atoms with Gasteiger partial charge in [-0.1, -0.05) is 31.2 Å². The fourth-order valence-corrected chi connectivity index (χ4v) is 6.78. The molecule has 3 unspecified atom stereocenters. The number of fused-ring (bicyclic) bond motifs is 1. The number of likely N-dealkylation sites (tertiary alicyclic amines) is 2. The van der Waals surface area contributed by atoms with Gasteiger partial charge in [0.2, 0.25) is 11.8 Å². The summed E-state index contributed by atoms with van der Waals surface area (Å²) in [6, 6.07) is 8.22. The van der Waals surface area contributed by atoms with Crippen LogP contribution in [0, 0.1) is 17.8 Å². The molecule has 6 heteroatoms. The van der Waals surface area contributed by atoms with E-state index in [0.717, 1.165) is 55.7 Å². The molecule has 170 valence electrons. The largest absolute Gasteiger partial charge is 0.342 e. The topological polar surface area (TPSA) is 53.5 Å². The molecule has 2 saturated heterocycles. The number of para-hydroxylation sites is 1. The Labute approximate surface area is 194 Å². The molecule has 2 fully saturated rings. The molecule has 5 rings (SSSR count). The summed E-state index contributed by atoms with van der Waals surface area (Å²) in [6.07, 6.45) is 9.94. The highest BCUT2D eigenvalue weighted by Gasteiger charge is 2.37. The van der Waals surface area contributed by atoms with Gasteiger partial charge in [0.1, 0.15) is 0 Å². The van der Waals surface area contributed by atoms with Gasteiger partial charge in [0, 0.05) is 38.0 Å². The molecule has 0 N–H and O–H groups in total. The van der Waals surface area contributed by atoms with Gasteiger partial charge in [-0.3, -0.25) is 9.59 Å². The molecule has 1 aliphatic carbocycles. The second-order valence-corrected chi connectivity index (χ2v) is 10.9. The minimum atomic E-state index is -0.0456. The number of carbonyl (C=O) groups is 2. The summed E-state index contributed by atoms with van der Waals surface area (Å²) in [4.78, 5) is 35.5. The molecule has 3 aliphatic rings. The normalized spacial score (nSPS) is 27.1. The van der Waals surface area contributed by atoms with Gasteiger partial charge in [-0.05, 0) is 56.6 Å². The highest BCUT2D eigenvalue weighted by molar-refractivity contribution is 7.18. The quantitative estimate of drug-likeness (QED) is 0.627. The van der Waals surface area contributed by atoms with Crippen molar-refractivity contribution in [3.8, 4) is 0 Å². The van der Waals surface area contributed by atoms with E-state index in [1.807, 2.05) is 17.0 Å². The number of hydrogen-bond donors (Lipinski definition) is 0. The average molecular weight is 452 g/mol. The molecule has 3 atom stereocenters. The predicted molar refractivity (Wildman–Crippen MR) is 129 cm³/mol. The Morgan fingerprint density at radius 1 is 0.969 bits per heavy atom. The van der Waals surface area contributed by atoms with Crippen molar-refractivity contribution in [1.29, 1.82) is 0 Å².